The molecule has 200 valence electrons. The Bertz CT molecular complexity index is 1380. The zero-order chi connectivity index (χ0) is 27.2. The van der Waals surface area contributed by atoms with Gasteiger partial charge >= 0.3 is 5.97 Å². The van der Waals surface area contributed by atoms with E-state index in [1.165, 1.54) is 11.8 Å². The van der Waals surface area contributed by atoms with Crippen molar-refractivity contribution < 1.29 is 29.0 Å². The van der Waals surface area contributed by atoms with E-state index < -0.39 is 23.1 Å². The molecular formula is C30H28N2O6S. The quantitative estimate of drug-likeness (QED) is 0.252. The Morgan fingerprint density at radius 3 is 2.18 bits per heavy atom. The largest absolute Gasteiger partial charge is 0.486 e. The van der Waals surface area contributed by atoms with Crippen LogP contribution in [0.15, 0.2) is 89.8 Å². The number of benzene rings is 3. The van der Waals surface area contributed by atoms with E-state index in [0.717, 1.165) is 10.5 Å². The van der Waals surface area contributed by atoms with Gasteiger partial charge in [-0.15, -0.1) is 11.8 Å². The second-order valence-electron chi connectivity index (χ2n) is 9.26. The van der Waals surface area contributed by atoms with Gasteiger partial charge < -0.3 is 25.2 Å². The predicted octanol–water partition coefficient (Wildman–Crippen LogP) is 5.54. The maximum Gasteiger partial charge on any atom is 0.307 e. The van der Waals surface area contributed by atoms with E-state index in [2.05, 4.69) is 10.6 Å². The highest BCUT2D eigenvalue weighted by Gasteiger charge is 2.34. The number of hydrogen-bond acceptors (Lipinski definition) is 6. The average molecular weight is 545 g/mol. The van der Waals surface area contributed by atoms with Crippen molar-refractivity contribution in [3.8, 4) is 11.5 Å². The van der Waals surface area contributed by atoms with Gasteiger partial charge in [-0.25, -0.2) is 0 Å². The first-order chi connectivity index (χ1) is 19.0. The molecule has 1 aliphatic carbocycles. The lowest BCUT2D eigenvalue weighted by molar-refractivity contribution is -0.146. The summed E-state index contributed by atoms with van der Waals surface area (Å²) in [6.07, 6.45) is 4.40. The van der Waals surface area contributed by atoms with Crippen molar-refractivity contribution in [2.45, 2.75) is 23.0 Å². The third-order valence-corrected chi connectivity index (χ3v) is 7.88. The van der Waals surface area contributed by atoms with Gasteiger partial charge in [0.05, 0.1) is 11.8 Å². The predicted molar refractivity (Wildman–Crippen MR) is 149 cm³/mol. The van der Waals surface area contributed by atoms with Crippen LogP contribution >= 0.6 is 11.8 Å². The fraction of sp³-hybridized carbons (Fsp3) is 0.233. The Morgan fingerprint density at radius 2 is 1.46 bits per heavy atom. The zero-order valence-corrected chi connectivity index (χ0v) is 21.9. The highest BCUT2D eigenvalue weighted by Crippen LogP contribution is 2.38. The van der Waals surface area contributed by atoms with Gasteiger partial charge in [-0.05, 0) is 54.8 Å². The molecule has 8 nitrogen and oxygen atoms in total. The standard InChI is InChI=1S/C30H28N2O6S/c33-28(23-8-4-5-9-24(23)30(35)36)31-20-10-13-22(14-11-20)39-27(19-6-2-1-3-7-19)29(34)32-21-12-15-25-26(18-21)38-17-16-37-25/h1-7,10-15,18,23-24,27H,8-9,16-17H2,(H,31,33)(H,32,34)(H,35,36)/t23-,24+,27+/m0/s1. The first-order valence-corrected chi connectivity index (χ1v) is 13.6. The highest BCUT2D eigenvalue weighted by molar-refractivity contribution is 8.00. The molecule has 3 atom stereocenters. The fourth-order valence-corrected chi connectivity index (χ4v) is 5.62. The van der Waals surface area contributed by atoms with E-state index >= 15 is 0 Å². The Balaban J connectivity index is 1.28. The molecule has 0 saturated heterocycles. The molecule has 1 aliphatic heterocycles. The van der Waals surface area contributed by atoms with Gasteiger partial charge in [-0.1, -0.05) is 42.5 Å². The van der Waals surface area contributed by atoms with Gasteiger partial charge in [0.25, 0.3) is 0 Å². The van der Waals surface area contributed by atoms with Crippen molar-refractivity contribution in [1.29, 1.82) is 0 Å². The van der Waals surface area contributed by atoms with Crippen molar-refractivity contribution >= 4 is 40.9 Å². The number of allylic oxidation sites excluding steroid dienone is 2. The second kappa shape index (κ2) is 12.1. The minimum Gasteiger partial charge on any atom is -0.486 e. The second-order valence-corrected chi connectivity index (χ2v) is 10.4. The summed E-state index contributed by atoms with van der Waals surface area (Å²) in [6, 6.07) is 22.0. The van der Waals surface area contributed by atoms with E-state index in [1.54, 1.807) is 30.3 Å². The number of aliphatic carboxylic acids is 1. The van der Waals surface area contributed by atoms with Crippen molar-refractivity contribution in [1.82, 2.24) is 0 Å². The number of carboxylic acid groups (broad SMARTS) is 1. The van der Waals surface area contributed by atoms with Crippen LogP contribution in [0, 0.1) is 11.8 Å². The lowest BCUT2D eigenvalue weighted by atomic mass is 9.82. The van der Waals surface area contributed by atoms with E-state index in [9.17, 15) is 19.5 Å². The molecule has 2 amide bonds. The average Bonchev–Trinajstić information content (AvgIpc) is 2.97. The van der Waals surface area contributed by atoms with Crippen LogP contribution in [0.4, 0.5) is 11.4 Å². The molecule has 0 aromatic heterocycles. The van der Waals surface area contributed by atoms with Crippen LogP contribution in [-0.2, 0) is 14.4 Å². The summed E-state index contributed by atoms with van der Waals surface area (Å²) in [5.74, 6) is -1.57. The van der Waals surface area contributed by atoms with E-state index in [4.69, 9.17) is 9.47 Å². The first kappa shape index (κ1) is 26.4. The van der Waals surface area contributed by atoms with Gasteiger partial charge in [0, 0.05) is 22.3 Å². The highest BCUT2D eigenvalue weighted by atomic mass is 32.2. The number of amides is 2. The Kier molecular flexibility index (Phi) is 8.17. The van der Waals surface area contributed by atoms with Gasteiger partial charge in [-0.2, -0.15) is 0 Å². The molecule has 0 radical (unpaired) electrons. The van der Waals surface area contributed by atoms with Gasteiger partial charge in [0.15, 0.2) is 11.5 Å². The fourth-order valence-electron chi connectivity index (χ4n) is 4.59. The van der Waals surface area contributed by atoms with Crippen LogP contribution in [0.1, 0.15) is 23.7 Å². The first-order valence-electron chi connectivity index (χ1n) is 12.7. The minimum atomic E-state index is -0.965. The summed E-state index contributed by atoms with van der Waals surface area (Å²) < 4.78 is 11.2. The SMILES string of the molecule is O=C(Nc1ccc(S[C@@H](C(=O)Nc2ccc3c(c2)OCCO3)c2ccccc2)cc1)[C@H]1CC=CC[C@H]1C(=O)O. The number of carbonyl (C=O) groups is 3. The number of nitrogens with one attached hydrogen (secondary N) is 2. The molecule has 39 heavy (non-hydrogen) atoms. The summed E-state index contributed by atoms with van der Waals surface area (Å²) in [5, 5.41) is 14.8. The van der Waals surface area contributed by atoms with Crippen molar-refractivity contribution in [3.63, 3.8) is 0 Å². The monoisotopic (exact) mass is 544 g/mol. The van der Waals surface area contributed by atoms with Crippen LogP contribution in [0.3, 0.4) is 0 Å². The number of thioether (sulfide) groups is 1. The van der Waals surface area contributed by atoms with E-state index in [1.807, 2.05) is 54.6 Å². The topological polar surface area (TPSA) is 114 Å². The van der Waals surface area contributed by atoms with Crippen LogP contribution in [0.25, 0.3) is 0 Å². The summed E-state index contributed by atoms with van der Waals surface area (Å²) in [6.45, 7) is 0.954. The van der Waals surface area contributed by atoms with Gasteiger partial charge in [-0.3, -0.25) is 14.4 Å². The number of anilines is 2. The number of ether oxygens (including phenoxy) is 2. The normalized spacial score (nSPS) is 18.6. The lowest BCUT2D eigenvalue weighted by Crippen LogP contribution is -2.34. The molecule has 9 heteroatoms. The number of carbonyl (C=O) groups excluding carboxylic acids is 2. The molecule has 0 fully saturated rings. The van der Waals surface area contributed by atoms with E-state index in [-0.39, 0.29) is 11.8 Å². The molecule has 1 heterocycles. The maximum absolute atomic E-state index is 13.4. The Labute approximate surface area is 230 Å². The smallest absolute Gasteiger partial charge is 0.307 e. The molecule has 3 N–H and O–H groups in total. The molecule has 2 aliphatic rings. The Morgan fingerprint density at radius 1 is 0.795 bits per heavy atom. The van der Waals surface area contributed by atoms with Crippen LogP contribution in [0.5, 0.6) is 11.5 Å². The third kappa shape index (κ3) is 6.43. The molecule has 0 saturated carbocycles. The molecule has 3 aromatic carbocycles. The van der Waals surface area contributed by atoms with Crippen molar-refractivity contribution in [2.24, 2.45) is 11.8 Å². The third-order valence-electron chi connectivity index (χ3n) is 6.61. The summed E-state index contributed by atoms with van der Waals surface area (Å²) in [7, 11) is 0. The molecule has 0 unspecified atom stereocenters. The number of hydrogen-bond donors (Lipinski definition) is 3. The van der Waals surface area contributed by atoms with Crippen molar-refractivity contribution in [3.05, 3.63) is 90.5 Å². The van der Waals surface area contributed by atoms with Crippen LogP contribution in [0.2, 0.25) is 0 Å². The van der Waals surface area contributed by atoms with E-state index in [0.29, 0.717) is 48.9 Å². The number of fused-ring (bicyclic) bond motifs is 1. The summed E-state index contributed by atoms with van der Waals surface area (Å²) in [4.78, 5) is 38.6. The summed E-state index contributed by atoms with van der Waals surface area (Å²) in [5.41, 5.74) is 2.03. The molecule has 3 aromatic rings. The summed E-state index contributed by atoms with van der Waals surface area (Å²) >= 11 is 1.39. The zero-order valence-electron chi connectivity index (χ0n) is 21.0. The van der Waals surface area contributed by atoms with Gasteiger partial charge in [0.2, 0.25) is 11.8 Å². The minimum absolute atomic E-state index is 0.190. The van der Waals surface area contributed by atoms with Crippen LogP contribution < -0.4 is 20.1 Å². The Hall–Kier alpha value is -4.24. The van der Waals surface area contributed by atoms with Crippen molar-refractivity contribution in [2.75, 3.05) is 23.8 Å². The van der Waals surface area contributed by atoms with Gasteiger partial charge in [0.1, 0.15) is 18.5 Å². The number of carboxylic acids is 1. The molecule has 5 rings (SSSR count). The molecule has 0 bridgehead atoms. The molecule has 0 spiro atoms. The molecular weight excluding hydrogens is 516 g/mol. The maximum atomic E-state index is 13.4. The number of rotatable bonds is 8. The lowest BCUT2D eigenvalue weighted by Gasteiger charge is -2.24. The van der Waals surface area contributed by atoms with Crippen LogP contribution in [-0.4, -0.2) is 36.1 Å².